The minimum absolute atomic E-state index is 0.688. The van der Waals surface area contributed by atoms with Crippen molar-refractivity contribution in [3.05, 3.63) is 58.2 Å². The van der Waals surface area contributed by atoms with E-state index in [0.717, 1.165) is 12.2 Å². The van der Waals surface area contributed by atoms with Crippen molar-refractivity contribution in [1.82, 2.24) is 0 Å². The first-order valence-corrected chi connectivity index (χ1v) is 9.77. The number of aryl methyl sites for hydroxylation is 2. The van der Waals surface area contributed by atoms with Gasteiger partial charge in [-0.05, 0) is 63.3 Å². The predicted octanol–water partition coefficient (Wildman–Crippen LogP) is 6.52. The van der Waals surface area contributed by atoms with E-state index in [1.807, 2.05) is 11.8 Å². The standard InChI is InChI=1S/C21H32S/c1-7-8-9-18(4)21(15-22-6)14-17(3)13-20-11-10-16(2)12-19(20)5/h8-12,17H,7,13-15H2,1-6H3/b9-8+,21-18-. The van der Waals surface area contributed by atoms with Crippen LogP contribution in [0.3, 0.4) is 0 Å². The van der Waals surface area contributed by atoms with Crippen LogP contribution in [0.1, 0.15) is 50.3 Å². The molecule has 0 heterocycles. The van der Waals surface area contributed by atoms with Crippen molar-refractivity contribution in [2.45, 2.75) is 53.9 Å². The number of rotatable bonds is 8. The van der Waals surface area contributed by atoms with Gasteiger partial charge in [0.15, 0.2) is 0 Å². The Kier molecular flexibility index (Phi) is 8.63. The molecule has 1 rings (SSSR count). The molecule has 0 bridgehead atoms. The van der Waals surface area contributed by atoms with E-state index in [-0.39, 0.29) is 0 Å². The fourth-order valence-electron chi connectivity index (χ4n) is 2.86. The van der Waals surface area contributed by atoms with E-state index in [0.29, 0.717) is 5.92 Å². The molecule has 0 N–H and O–H groups in total. The van der Waals surface area contributed by atoms with Crippen molar-refractivity contribution in [2.24, 2.45) is 5.92 Å². The Morgan fingerprint density at radius 3 is 2.59 bits per heavy atom. The summed E-state index contributed by atoms with van der Waals surface area (Å²) in [7, 11) is 0. The largest absolute Gasteiger partial charge is 0.161 e. The monoisotopic (exact) mass is 316 g/mol. The molecule has 0 aliphatic carbocycles. The van der Waals surface area contributed by atoms with E-state index >= 15 is 0 Å². The molecular formula is C21H32S. The maximum atomic E-state index is 2.39. The van der Waals surface area contributed by atoms with Gasteiger partial charge < -0.3 is 0 Å². The summed E-state index contributed by atoms with van der Waals surface area (Å²) < 4.78 is 0. The first kappa shape index (κ1) is 19.1. The third-order valence-electron chi connectivity index (χ3n) is 4.14. The van der Waals surface area contributed by atoms with Crippen LogP contribution < -0.4 is 0 Å². The van der Waals surface area contributed by atoms with Gasteiger partial charge in [0, 0.05) is 5.75 Å². The zero-order valence-corrected chi connectivity index (χ0v) is 16.0. The minimum Gasteiger partial charge on any atom is -0.161 e. The molecule has 1 aromatic carbocycles. The lowest BCUT2D eigenvalue weighted by Crippen LogP contribution is -2.05. The second-order valence-electron chi connectivity index (χ2n) is 6.47. The summed E-state index contributed by atoms with van der Waals surface area (Å²) >= 11 is 1.93. The number of allylic oxidation sites excluding steroid dienone is 3. The lowest BCUT2D eigenvalue weighted by Gasteiger charge is -2.17. The first-order chi connectivity index (χ1) is 10.5. The lowest BCUT2D eigenvalue weighted by atomic mass is 9.90. The van der Waals surface area contributed by atoms with E-state index < -0.39 is 0 Å². The summed E-state index contributed by atoms with van der Waals surface area (Å²) in [5.41, 5.74) is 7.36. The normalized spacial score (nSPS) is 14.3. The lowest BCUT2D eigenvalue weighted by molar-refractivity contribution is 0.571. The Balaban J connectivity index is 2.78. The highest BCUT2D eigenvalue weighted by Gasteiger charge is 2.10. The van der Waals surface area contributed by atoms with Gasteiger partial charge in [0.25, 0.3) is 0 Å². The average Bonchev–Trinajstić information content (AvgIpc) is 2.47. The van der Waals surface area contributed by atoms with Crippen LogP contribution in [-0.4, -0.2) is 12.0 Å². The Labute approximate surface area is 142 Å². The van der Waals surface area contributed by atoms with Crippen molar-refractivity contribution in [2.75, 3.05) is 12.0 Å². The highest BCUT2D eigenvalue weighted by atomic mass is 32.2. The van der Waals surface area contributed by atoms with Gasteiger partial charge in [0.05, 0.1) is 0 Å². The van der Waals surface area contributed by atoms with Gasteiger partial charge in [-0.1, -0.05) is 60.9 Å². The fraction of sp³-hybridized carbons (Fsp3) is 0.524. The Morgan fingerprint density at radius 1 is 1.27 bits per heavy atom. The van der Waals surface area contributed by atoms with E-state index in [2.05, 4.69) is 71.2 Å². The molecule has 0 radical (unpaired) electrons. The molecule has 0 saturated carbocycles. The van der Waals surface area contributed by atoms with E-state index in [9.17, 15) is 0 Å². The molecule has 0 spiro atoms. The topological polar surface area (TPSA) is 0 Å². The van der Waals surface area contributed by atoms with Gasteiger partial charge in [0.2, 0.25) is 0 Å². The maximum absolute atomic E-state index is 2.39. The number of hydrogen-bond donors (Lipinski definition) is 0. The molecule has 0 saturated heterocycles. The molecule has 22 heavy (non-hydrogen) atoms. The molecule has 122 valence electrons. The second-order valence-corrected chi connectivity index (χ2v) is 7.34. The maximum Gasteiger partial charge on any atom is 0.0146 e. The third-order valence-corrected chi connectivity index (χ3v) is 4.78. The number of thioether (sulfide) groups is 1. The van der Waals surface area contributed by atoms with Crippen molar-refractivity contribution < 1.29 is 0 Å². The SMILES string of the molecule is CC/C=C/C(C)=C(\CSC)CC(C)Cc1ccc(C)cc1C. The molecule has 0 aliphatic heterocycles. The van der Waals surface area contributed by atoms with E-state index in [1.165, 1.54) is 35.1 Å². The summed E-state index contributed by atoms with van der Waals surface area (Å²) in [4.78, 5) is 0. The van der Waals surface area contributed by atoms with Gasteiger partial charge in [-0.25, -0.2) is 0 Å². The molecule has 1 heteroatoms. The van der Waals surface area contributed by atoms with Crippen LogP contribution >= 0.6 is 11.8 Å². The summed E-state index contributed by atoms with van der Waals surface area (Å²) in [6.45, 7) is 11.3. The van der Waals surface area contributed by atoms with Crippen molar-refractivity contribution in [1.29, 1.82) is 0 Å². The van der Waals surface area contributed by atoms with Gasteiger partial charge in [-0.2, -0.15) is 11.8 Å². The summed E-state index contributed by atoms with van der Waals surface area (Å²) in [5.74, 6) is 1.84. The Bertz CT molecular complexity index is 523. The molecule has 1 unspecified atom stereocenters. The van der Waals surface area contributed by atoms with Crippen LogP contribution in [0.2, 0.25) is 0 Å². The summed E-state index contributed by atoms with van der Waals surface area (Å²) in [6.07, 6.45) is 10.3. The number of hydrogen-bond acceptors (Lipinski definition) is 1. The van der Waals surface area contributed by atoms with Crippen LogP contribution in [0.15, 0.2) is 41.5 Å². The van der Waals surface area contributed by atoms with E-state index in [1.54, 1.807) is 5.57 Å². The second kappa shape index (κ2) is 9.94. The van der Waals surface area contributed by atoms with Crippen LogP contribution in [-0.2, 0) is 6.42 Å². The molecule has 0 amide bonds. The van der Waals surface area contributed by atoms with Crippen molar-refractivity contribution in [3.8, 4) is 0 Å². The first-order valence-electron chi connectivity index (χ1n) is 8.38. The quantitative estimate of drug-likeness (QED) is 0.492. The van der Waals surface area contributed by atoms with Gasteiger partial charge >= 0.3 is 0 Å². The third kappa shape index (κ3) is 6.44. The molecule has 1 atom stereocenters. The Hall–Kier alpha value is -0.950. The highest BCUT2D eigenvalue weighted by Crippen LogP contribution is 2.24. The molecule has 0 aliphatic rings. The molecule has 0 aromatic heterocycles. The zero-order chi connectivity index (χ0) is 16.5. The smallest absolute Gasteiger partial charge is 0.0146 e. The minimum atomic E-state index is 0.688. The number of benzene rings is 1. The molecule has 0 nitrogen and oxygen atoms in total. The van der Waals surface area contributed by atoms with Crippen LogP contribution in [0, 0.1) is 19.8 Å². The summed E-state index contributed by atoms with van der Waals surface area (Å²) in [5, 5.41) is 0. The zero-order valence-electron chi connectivity index (χ0n) is 15.2. The van der Waals surface area contributed by atoms with E-state index in [4.69, 9.17) is 0 Å². The van der Waals surface area contributed by atoms with Crippen LogP contribution in [0.5, 0.6) is 0 Å². The predicted molar refractivity (Wildman–Crippen MR) is 104 cm³/mol. The van der Waals surface area contributed by atoms with Crippen molar-refractivity contribution in [3.63, 3.8) is 0 Å². The van der Waals surface area contributed by atoms with Gasteiger partial charge in [-0.3, -0.25) is 0 Å². The average molecular weight is 317 g/mol. The van der Waals surface area contributed by atoms with Gasteiger partial charge in [0.1, 0.15) is 0 Å². The molecule has 1 aromatic rings. The highest BCUT2D eigenvalue weighted by molar-refractivity contribution is 7.98. The summed E-state index contributed by atoms with van der Waals surface area (Å²) in [6, 6.07) is 6.85. The Morgan fingerprint density at radius 2 is 2.00 bits per heavy atom. The van der Waals surface area contributed by atoms with Crippen molar-refractivity contribution >= 4 is 11.8 Å². The fourth-order valence-corrected chi connectivity index (χ4v) is 3.56. The van der Waals surface area contributed by atoms with Crippen LogP contribution in [0.4, 0.5) is 0 Å². The molecular weight excluding hydrogens is 284 g/mol. The molecule has 0 fully saturated rings. The van der Waals surface area contributed by atoms with Gasteiger partial charge in [-0.15, -0.1) is 0 Å². The van der Waals surface area contributed by atoms with Crippen LogP contribution in [0.25, 0.3) is 0 Å².